The van der Waals surface area contributed by atoms with Gasteiger partial charge in [-0.15, -0.1) is 0 Å². The lowest BCUT2D eigenvalue weighted by atomic mass is 10.1. The fourth-order valence-corrected chi connectivity index (χ4v) is 0.845. The molecule has 0 aliphatic heterocycles. The highest BCUT2D eigenvalue weighted by Gasteiger charge is 1.95. The molecule has 0 N–H and O–H groups in total. The summed E-state index contributed by atoms with van der Waals surface area (Å²) in [7, 11) is 1.46. The van der Waals surface area contributed by atoms with Gasteiger partial charge in [0.05, 0.1) is 6.21 Å². The molecule has 0 unspecified atom stereocenters. The molecule has 0 atom stereocenters. The van der Waals surface area contributed by atoms with Crippen LogP contribution in [0.3, 0.4) is 0 Å². The highest BCUT2D eigenvalue weighted by molar-refractivity contribution is 5.92. The zero-order valence-electron chi connectivity index (χ0n) is 6.73. The summed E-state index contributed by atoms with van der Waals surface area (Å²) >= 11 is 0. The van der Waals surface area contributed by atoms with Gasteiger partial charge < -0.3 is 4.84 Å². The molecule has 0 saturated carbocycles. The van der Waals surface area contributed by atoms with Gasteiger partial charge in [-0.2, -0.15) is 0 Å². The van der Waals surface area contributed by atoms with E-state index in [4.69, 9.17) is 0 Å². The predicted octanol–water partition coefficient (Wildman–Crippen LogP) is 1.48. The van der Waals surface area contributed by atoms with Gasteiger partial charge in [0.25, 0.3) is 0 Å². The largest absolute Gasteiger partial charge is 0.399 e. The van der Waals surface area contributed by atoms with Crippen molar-refractivity contribution in [2.75, 3.05) is 7.11 Å². The Morgan fingerprint density at radius 2 is 2.00 bits per heavy atom. The summed E-state index contributed by atoms with van der Waals surface area (Å²) in [5.74, 6) is 0. The minimum atomic E-state index is 0.610. The van der Waals surface area contributed by atoms with Crippen LogP contribution in [0.4, 0.5) is 0 Å². The second kappa shape index (κ2) is 4.28. The normalized spacial score (nSPS) is 10.1. The molecule has 0 radical (unpaired) electrons. The highest BCUT2D eigenvalue weighted by Crippen LogP contribution is 2.02. The third kappa shape index (κ3) is 1.92. The summed E-state index contributed by atoms with van der Waals surface area (Å²) in [4.78, 5) is 15.0. The minimum absolute atomic E-state index is 0.610. The molecule has 62 valence electrons. The van der Waals surface area contributed by atoms with Crippen LogP contribution in [-0.2, 0) is 4.84 Å². The minimum Gasteiger partial charge on any atom is -0.399 e. The average Bonchev–Trinajstić information content (AvgIpc) is 2.15. The fraction of sp³-hybridized carbons (Fsp3) is 0.111. The Balaban J connectivity index is 2.96. The second-order valence-corrected chi connectivity index (χ2v) is 2.16. The Bertz CT molecular complexity index is 294. The van der Waals surface area contributed by atoms with E-state index in [1.54, 1.807) is 18.2 Å². The van der Waals surface area contributed by atoms with Gasteiger partial charge in [-0.3, -0.25) is 4.79 Å². The SMILES string of the molecule is CON=Cc1ccccc1C=O. The van der Waals surface area contributed by atoms with Crippen LogP contribution in [0.25, 0.3) is 0 Å². The van der Waals surface area contributed by atoms with E-state index in [-0.39, 0.29) is 0 Å². The number of benzene rings is 1. The third-order valence-electron chi connectivity index (χ3n) is 1.42. The zero-order valence-corrected chi connectivity index (χ0v) is 6.73. The molecular formula is C9H9NO2. The van der Waals surface area contributed by atoms with Crippen LogP contribution in [0.15, 0.2) is 29.4 Å². The van der Waals surface area contributed by atoms with E-state index in [0.29, 0.717) is 5.56 Å². The lowest BCUT2D eigenvalue weighted by molar-refractivity contribution is 0.112. The number of carbonyl (C=O) groups is 1. The van der Waals surface area contributed by atoms with Crippen molar-refractivity contribution in [2.24, 2.45) is 5.16 Å². The average molecular weight is 163 g/mol. The van der Waals surface area contributed by atoms with Gasteiger partial charge in [0.15, 0.2) is 6.29 Å². The molecule has 3 nitrogen and oxygen atoms in total. The fourth-order valence-electron chi connectivity index (χ4n) is 0.845. The summed E-state index contributed by atoms with van der Waals surface area (Å²) in [5, 5.41) is 3.57. The maximum atomic E-state index is 10.5. The van der Waals surface area contributed by atoms with Gasteiger partial charge in [0.1, 0.15) is 7.11 Å². The molecule has 1 rings (SSSR count). The van der Waals surface area contributed by atoms with E-state index in [1.165, 1.54) is 13.3 Å². The molecule has 0 aliphatic rings. The number of aldehydes is 1. The summed E-state index contributed by atoms with van der Waals surface area (Å²) in [6.45, 7) is 0. The molecule has 1 aromatic carbocycles. The van der Waals surface area contributed by atoms with Crippen LogP contribution in [0.1, 0.15) is 15.9 Å². The monoisotopic (exact) mass is 163 g/mol. The first-order valence-electron chi connectivity index (χ1n) is 3.49. The van der Waals surface area contributed by atoms with E-state index in [0.717, 1.165) is 11.8 Å². The molecule has 0 saturated heterocycles. The van der Waals surface area contributed by atoms with Gasteiger partial charge in [0.2, 0.25) is 0 Å². The van der Waals surface area contributed by atoms with Crippen LogP contribution >= 0.6 is 0 Å². The van der Waals surface area contributed by atoms with Gasteiger partial charge in [-0.05, 0) is 0 Å². The number of carbonyl (C=O) groups excluding carboxylic acids is 1. The van der Waals surface area contributed by atoms with E-state index in [9.17, 15) is 4.79 Å². The molecule has 0 aromatic heterocycles. The standard InChI is InChI=1S/C9H9NO2/c1-12-10-6-8-4-2-3-5-9(8)7-11/h2-7H,1H3. The van der Waals surface area contributed by atoms with E-state index in [1.807, 2.05) is 6.07 Å². The van der Waals surface area contributed by atoms with Crippen molar-refractivity contribution in [1.82, 2.24) is 0 Å². The van der Waals surface area contributed by atoms with Gasteiger partial charge >= 0.3 is 0 Å². The van der Waals surface area contributed by atoms with Crippen molar-refractivity contribution in [2.45, 2.75) is 0 Å². The molecule has 0 bridgehead atoms. The zero-order chi connectivity index (χ0) is 8.81. The Labute approximate surface area is 70.7 Å². The maximum Gasteiger partial charge on any atom is 0.150 e. The lowest BCUT2D eigenvalue weighted by Crippen LogP contribution is -1.89. The van der Waals surface area contributed by atoms with Crippen molar-refractivity contribution in [3.05, 3.63) is 35.4 Å². The summed E-state index contributed by atoms with van der Waals surface area (Å²) in [6.07, 6.45) is 2.29. The topological polar surface area (TPSA) is 38.7 Å². The molecule has 12 heavy (non-hydrogen) atoms. The molecule has 3 heteroatoms. The highest BCUT2D eigenvalue weighted by atomic mass is 16.6. The first-order valence-corrected chi connectivity index (χ1v) is 3.49. The summed E-state index contributed by atoms with van der Waals surface area (Å²) in [6, 6.07) is 7.16. The molecule has 0 spiro atoms. The molecule has 0 aliphatic carbocycles. The smallest absolute Gasteiger partial charge is 0.150 e. The number of nitrogens with zero attached hydrogens (tertiary/aromatic N) is 1. The van der Waals surface area contributed by atoms with Crippen molar-refractivity contribution in [3.63, 3.8) is 0 Å². The van der Waals surface area contributed by atoms with Crippen LogP contribution < -0.4 is 0 Å². The van der Waals surface area contributed by atoms with Crippen LogP contribution in [0.5, 0.6) is 0 Å². The number of hydrogen-bond acceptors (Lipinski definition) is 3. The molecule has 0 heterocycles. The Morgan fingerprint density at radius 1 is 1.33 bits per heavy atom. The van der Waals surface area contributed by atoms with Crippen LogP contribution in [0.2, 0.25) is 0 Å². The number of hydrogen-bond donors (Lipinski definition) is 0. The lowest BCUT2D eigenvalue weighted by Gasteiger charge is -1.95. The van der Waals surface area contributed by atoms with Gasteiger partial charge in [-0.25, -0.2) is 0 Å². The first-order chi connectivity index (χ1) is 5.88. The van der Waals surface area contributed by atoms with E-state index >= 15 is 0 Å². The first kappa shape index (κ1) is 8.46. The maximum absolute atomic E-state index is 10.5. The second-order valence-electron chi connectivity index (χ2n) is 2.16. The Kier molecular flexibility index (Phi) is 3.02. The van der Waals surface area contributed by atoms with Crippen LogP contribution in [-0.4, -0.2) is 19.6 Å². The number of rotatable bonds is 3. The van der Waals surface area contributed by atoms with E-state index in [2.05, 4.69) is 9.99 Å². The number of oxime groups is 1. The van der Waals surface area contributed by atoms with Crippen molar-refractivity contribution in [3.8, 4) is 0 Å². The molecule has 0 fully saturated rings. The quantitative estimate of drug-likeness (QED) is 0.384. The molecular weight excluding hydrogens is 154 g/mol. The van der Waals surface area contributed by atoms with Crippen LogP contribution in [0, 0.1) is 0 Å². The van der Waals surface area contributed by atoms with E-state index < -0.39 is 0 Å². The molecule has 1 aromatic rings. The summed E-state index contributed by atoms with van der Waals surface area (Å²) < 4.78 is 0. The van der Waals surface area contributed by atoms with Crippen molar-refractivity contribution >= 4 is 12.5 Å². The van der Waals surface area contributed by atoms with Gasteiger partial charge in [-0.1, -0.05) is 29.4 Å². The van der Waals surface area contributed by atoms with Crippen molar-refractivity contribution < 1.29 is 9.63 Å². The summed E-state index contributed by atoms with van der Waals surface area (Å²) in [5.41, 5.74) is 1.37. The third-order valence-corrected chi connectivity index (χ3v) is 1.42. The predicted molar refractivity (Wildman–Crippen MR) is 46.4 cm³/mol. The Hall–Kier alpha value is -1.64. The van der Waals surface area contributed by atoms with Gasteiger partial charge in [0, 0.05) is 11.1 Å². The Morgan fingerprint density at radius 3 is 2.58 bits per heavy atom. The molecule has 0 amide bonds. The van der Waals surface area contributed by atoms with Crippen molar-refractivity contribution in [1.29, 1.82) is 0 Å².